The molecule has 2 nitrogen and oxygen atoms in total. The highest BCUT2D eigenvalue weighted by atomic mass is 35.5. The van der Waals surface area contributed by atoms with Gasteiger partial charge in [-0.15, -0.1) is 5.54 Å². The van der Waals surface area contributed by atoms with Crippen LogP contribution in [0.2, 0.25) is 23.2 Å². The second-order valence-corrected chi connectivity index (χ2v) is 11.4. The molecule has 100 valence electrons. The minimum atomic E-state index is -1.68. The predicted octanol–water partition coefficient (Wildman–Crippen LogP) is 4.71. The van der Waals surface area contributed by atoms with E-state index in [1.54, 1.807) is 18.2 Å². The molecule has 0 aliphatic heterocycles. The minimum absolute atomic E-state index is 0.195. The first-order chi connectivity index (χ1) is 8.67. The molecule has 0 aromatic heterocycles. The van der Waals surface area contributed by atoms with Crippen LogP contribution >= 0.6 is 11.6 Å². The number of aliphatic imine (C=N–C) groups is 1. The third kappa shape index (κ3) is 4.07. The maximum absolute atomic E-state index is 10.4. The van der Waals surface area contributed by atoms with Crippen LogP contribution in [0.15, 0.2) is 23.2 Å². The van der Waals surface area contributed by atoms with Crippen LogP contribution in [0.25, 0.3) is 0 Å². The molecular formula is C15H18ClNOSi. The zero-order valence-electron chi connectivity index (χ0n) is 12.0. The molecule has 0 saturated heterocycles. The maximum Gasteiger partial charge on any atom is 0.240 e. The number of isocyanates is 1. The van der Waals surface area contributed by atoms with Gasteiger partial charge in [-0.05, 0) is 23.2 Å². The number of halogens is 1. The summed E-state index contributed by atoms with van der Waals surface area (Å²) >= 11 is 5.89. The molecule has 0 bridgehead atoms. The smallest absolute Gasteiger partial charge is 0.211 e. The molecule has 4 heteroatoms. The van der Waals surface area contributed by atoms with Crippen LogP contribution in [-0.4, -0.2) is 14.2 Å². The van der Waals surface area contributed by atoms with E-state index >= 15 is 0 Å². The largest absolute Gasteiger partial charge is 0.240 e. The summed E-state index contributed by atoms with van der Waals surface area (Å²) in [5.41, 5.74) is 4.59. The van der Waals surface area contributed by atoms with Crippen LogP contribution in [-0.2, 0) is 4.79 Å². The van der Waals surface area contributed by atoms with Gasteiger partial charge >= 0.3 is 0 Å². The lowest BCUT2D eigenvalue weighted by atomic mass is 10.2. The van der Waals surface area contributed by atoms with Gasteiger partial charge in [-0.1, -0.05) is 51.4 Å². The molecule has 1 aromatic carbocycles. The molecule has 0 N–H and O–H groups in total. The first-order valence-corrected chi connectivity index (χ1v) is 9.46. The van der Waals surface area contributed by atoms with Gasteiger partial charge in [0.05, 0.1) is 11.3 Å². The summed E-state index contributed by atoms with van der Waals surface area (Å²) in [5, 5.41) is 0.729. The fourth-order valence-corrected chi connectivity index (χ4v) is 2.15. The highest BCUT2D eigenvalue weighted by Gasteiger charge is 2.33. The van der Waals surface area contributed by atoms with Crippen molar-refractivity contribution in [3.63, 3.8) is 0 Å². The molecule has 0 aliphatic carbocycles. The average molecular weight is 292 g/mol. The maximum atomic E-state index is 10.4. The number of nitrogens with zero attached hydrogens (tertiary/aromatic N) is 1. The molecule has 19 heavy (non-hydrogen) atoms. The summed E-state index contributed by atoms with van der Waals surface area (Å²) in [6.45, 7) is 11.1. The SMILES string of the molecule is CC(C)(C)[Si](C)(C)C#Cc1ccc(Cl)cc1N=C=O. The van der Waals surface area contributed by atoms with E-state index in [1.165, 1.54) is 6.08 Å². The first kappa shape index (κ1) is 15.7. The van der Waals surface area contributed by atoms with Gasteiger partial charge in [-0.2, -0.15) is 4.99 Å². The predicted molar refractivity (Wildman–Crippen MR) is 83.3 cm³/mol. The first-order valence-electron chi connectivity index (χ1n) is 6.08. The summed E-state index contributed by atoms with van der Waals surface area (Å²) in [7, 11) is -1.68. The van der Waals surface area contributed by atoms with Crippen molar-refractivity contribution in [3.05, 3.63) is 28.8 Å². The molecule has 0 saturated carbocycles. The Bertz CT molecular complexity index is 584. The van der Waals surface area contributed by atoms with E-state index in [-0.39, 0.29) is 5.04 Å². The molecule has 1 rings (SSSR count). The van der Waals surface area contributed by atoms with Crippen LogP contribution in [0.1, 0.15) is 26.3 Å². The van der Waals surface area contributed by atoms with Gasteiger partial charge < -0.3 is 0 Å². The van der Waals surface area contributed by atoms with Gasteiger partial charge in [0.15, 0.2) is 0 Å². The zero-order chi connectivity index (χ0) is 14.7. The topological polar surface area (TPSA) is 29.4 Å². The minimum Gasteiger partial charge on any atom is -0.211 e. The highest BCUT2D eigenvalue weighted by molar-refractivity contribution is 6.87. The summed E-state index contributed by atoms with van der Waals surface area (Å²) in [6.07, 6.45) is 1.54. The van der Waals surface area contributed by atoms with E-state index in [0.717, 1.165) is 5.56 Å². The van der Waals surface area contributed by atoms with E-state index < -0.39 is 8.07 Å². The zero-order valence-corrected chi connectivity index (χ0v) is 13.7. The van der Waals surface area contributed by atoms with Gasteiger partial charge in [-0.25, -0.2) is 4.79 Å². The van der Waals surface area contributed by atoms with Crippen LogP contribution in [0.3, 0.4) is 0 Å². The third-order valence-electron chi connectivity index (χ3n) is 3.51. The lowest BCUT2D eigenvalue weighted by Gasteiger charge is -2.31. The fraction of sp³-hybridized carbons (Fsp3) is 0.400. The highest BCUT2D eigenvalue weighted by Crippen LogP contribution is 2.35. The Kier molecular flexibility index (Phi) is 4.76. The van der Waals surface area contributed by atoms with Gasteiger partial charge in [0, 0.05) is 5.02 Å². The van der Waals surface area contributed by atoms with Crippen LogP contribution in [0.4, 0.5) is 5.69 Å². The van der Waals surface area contributed by atoms with E-state index in [1.807, 2.05) is 0 Å². The number of hydrogen-bond donors (Lipinski definition) is 0. The second kappa shape index (κ2) is 5.75. The van der Waals surface area contributed by atoms with Gasteiger partial charge in [-0.3, -0.25) is 0 Å². The monoisotopic (exact) mass is 291 g/mol. The van der Waals surface area contributed by atoms with Crippen molar-refractivity contribution in [2.24, 2.45) is 4.99 Å². The number of carbonyl (C=O) groups excluding carboxylic acids is 1. The summed E-state index contributed by atoms with van der Waals surface area (Å²) in [4.78, 5) is 14.1. The van der Waals surface area contributed by atoms with Gasteiger partial charge in [0.1, 0.15) is 8.07 Å². The van der Waals surface area contributed by atoms with Crippen LogP contribution < -0.4 is 0 Å². The normalized spacial score (nSPS) is 11.3. The van der Waals surface area contributed by atoms with E-state index in [4.69, 9.17) is 11.6 Å². The summed E-state index contributed by atoms with van der Waals surface area (Å²) < 4.78 is 0. The summed E-state index contributed by atoms with van der Waals surface area (Å²) in [6, 6.07) is 5.17. The Hall–Kier alpha value is -1.33. The lowest BCUT2D eigenvalue weighted by molar-refractivity contribution is 0.565. The number of hydrogen-bond acceptors (Lipinski definition) is 2. The number of rotatable bonds is 1. The molecule has 0 radical (unpaired) electrons. The molecular weight excluding hydrogens is 274 g/mol. The van der Waals surface area contributed by atoms with Crippen molar-refractivity contribution in [3.8, 4) is 11.5 Å². The Morgan fingerprint density at radius 1 is 1.26 bits per heavy atom. The van der Waals surface area contributed by atoms with Crippen molar-refractivity contribution >= 4 is 31.4 Å². The van der Waals surface area contributed by atoms with Crippen molar-refractivity contribution in [1.82, 2.24) is 0 Å². The molecule has 0 spiro atoms. The Morgan fingerprint density at radius 3 is 2.42 bits per heavy atom. The third-order valence-corrected chi connectivity index (χ3v) is 8.25. The van der Waals surface area contributed by atoms with Crippen LogP contribution in [0.5, 0.6) is 0 Å². The molecule has 0 amide bonds. The quantitative estimate of drug-likeness (QED) is 0.319. The Balaban J connectivity index is 3.25. The Morgan fingerprint density at radius 2 is 1.89 bits per heavy atom. The van der Waals surface area contributed by atoms with Crippen LogP contribution in [0, 0.1) is 11.5 Å². The van der Waals surface area contributed by atoms with Crippen molar-refractivity contribution in [2.75, 3.05) is 0 Å². The lowest BCUT2D eigenvalue weighted by Crippen LogP contribution is -2.35. The van der Waals surface area contributed by atoms with E-state index in [0.29, 0.717) is 10.7 Å². The molecule has 0 atom stereocenters. The average Bonchev–Trinajstić information content (AvgIpc) is 2.27. The molecule has 1 aromatic rings. The molecule has 0 unspecified atom stereocenters. The van der Waals surface area contributed by atoms with Gasteiger partial charge in [0.25, 0.3) is 0 Å². The second-order valence-electron chi connectivity index (χ2n) is 5.99. The Labute approximate surface area is 120 Å². The van der Waals surface area contributed by atoms with Gasteiger partial charge in [0.2, 0.25) is 6.08 Å². The summed E-state index contributed by atoms with van der Waals surface area (Å²) in [5.74, 6) is 3.15. The van der Waals surface area contributed by atoms with Crippen molar-refractivity contribution in [1.29, 1.82) is 0 Å². The molecule has 0 aliphatic rings. The fourth-order valence-electron chi connectivity index (χ4n) is 1.16. The van der Waals surface area contributed by atoms with Crippen molar-refractivity contribution in [2.45, 2.75) is 38.9 Å². The van der Waals surface area contributed by atoms with E-state index in [2.05, 4.69) is 50.3 Å². The standard InChI is InChI=1S/C15H18ClNOSi/c1-15(2,3)19(4,5)9-8-12-6-7-13(16)10-14(12)17-11-18/h6-7,10H,1-5H3. The van der Waals surface area contributed by atoms with Crippen molar-refractivity contribution < 1.29 is 4.79 Å². The molecule has 0 fully saturated rings. The molecule has 0 heterocycles. The van der Waals surface area contributed by atoms with E-state index in [9.17, 15) is 4.79 Å². The number of benzene rings is 1.